The smallest absolute Gasteiger partial charge is 0.267 e. The third-order valence-electron chi connectivity index (χ3n) is 15.9. The first-order valence-corrected chi connectivity index (χ1v) is 26.9. The van der Waals surface area contributed by atoms with Gasteiger partial charge in [0.2, 0.25) is 0 Å². The third kappa shape index (κ3) is 10.5. The quantitative estimate of drug-likeness (QED) is 0.0956. The maximum atomic E-state index is 7.22. The van der Waals surface area contributed by atoms with Crippen LogP contribution in [0, 0.1) is 18.5 Å². The van der Waals surface area contributed by atoms with Gasteiger partial charge in [0.1, 0.15) is 5.82 Å². The van der Waals surface area contributed by atoms with Crippen molar-refractivity contribution in [3.05, 3.63) is 245 Å². The summed E-state index contributed by atoms with van der Waals surface area (Å²) in [7, 11) is 0. The summed E-state index contributed by atoms with van der Waals surface area (Å²) < 4.78 is 13.9. The Kier molecular flexibility index (Phi) is 14.4. The van der Waals surface area contributed by atoms with Crippen molar-refractivity contribution < 1.29 is 30.4 Å². The van der Waals surface area contributed by atoms with Gasteiger partial charge in [-0.2, -0.15) is 6.07 Å². The van der Waals surface area contributed by atoms with Crippen LogP contribution in [0.4, 0.5) is 0 Å². The Morgan fingerprint density at radius 1 is 0.468 bits per heavy atom. The molecule has 0 aliphatic heterocycles. The summed E-state index contributed by atoms with van der Waals surface area (Å²) in [4.78, 5) is 5.01. The molecule has 0 unspecified atom stereocenters. The van der Waals surface area contributed by atoms with Gasteiger partial charge in [-0.15, -0.1) is 35.4 Å². The van der Waals surface area contributed by atoms with E-state index >= 15 is 0 Å². The molecule has 6 heteroatoms. The molecule has 0 saturated carbocycles. The van der Waals surface area contributed by atoms with Crippen LogP contribution in [-0.4, -0.2) is 14.1 Å². The topological polar surface area (TPSA) is 35.9 Å². The fourth-order valence-electron chi connectivity index (χ4n) is 10.8. The molecule has 3 heterocycles. The average Bonchev–Trinajstić information content (AvgIpc) is 4.00. The number of aromatic nitrogens is 4. The number of nitrogens with zero attached hydrogens (tertiary/aromatic N) is 4. The van der Waals surface area contributed by atoms with Crippen LogP contribution in [0.1, 0.15) is 154 Å². The summed E-state index contributed by atoms with van der Waals surface area (Å²) in [6.07, 6.45) is 8.07. The minimum atomic E-state index is -0.408. The van der Waals surface area contributed by atoms with Crippen LogP contribution in [0.25, 0.3) is 39.0 Å². The van der Waals surface area contributed by atoms with Gasteiger partial charge in [0.25, 0.3) is 6.33 Å². The molecule has 0 N–H and O–H groups in total. The third-order valence-corrected chi connectivity index (χ3v) is 15.9. The Morgan fingerprint density at radius 3 is 1.49 bits per heavy atom. The number of ether oxygens (including phenoxy) is 1. The van der Waals surface area contributed by atoms with Crippen molar-refractivity contribution in [3.63, 3.8) is 0 Å². The Bertz CT molecular complexity index is 3680. The number of hydrogen-bond acceptors (Lipinski definition) is 2. The molecule has 3 aromatic heterocycles. The Morgan fingerprint density at radius 2 is 0.974 bits per heavy atom. The van der Waals surface area contributed by atoms with E-state index < -0.39 is 5.41 Å². The van der Waals surface area contributed by atoms with Crippen molar-refractivity contribution in [3.8, 4) is 28.7 Å². The van der Waals surface area contributed by atoms with Crippen LogP contribution >= 0.6 is 0 Å². The Labute approximate surface area is 473 Å². The first kappa shape index (κ1) is 55.0. The van der Waals surface area contributed by atoms with Gasteiger partial charge in [0, 0.05) is 61.3 Å². The molecule has 0 fully saturated rings. The monoisotopic (exact) mass is 1190 g/mol. The minimum Gasteiger partial charge on any atom is -0.510 e. The van der Waals surface area contributed by atoms with Gasteiger partial charge in [-0.25, -0.2) is 4.98 Å². The number of pyridine rings is 1. The predicted molar refractivity (Wildman–Crippen MR) is 314 cm³/mol. The van der Waals surface area contributed by atoms with Gasteiger partial charge in [-0.1, -0.05) is 230 Å². The second kappa shape index (κ2) is 20.2. The van der Waals surface area contributed by atoms with Gasteiger partial charge in [-0.3, -0.25) is 4.57 Å². The molecule has 396 valence electrons. The van der Waals surface area contributed by atoms with Gasteiger partial charge in [0.15, 0.2) is 0 Å². The average molecular weight is 1190 g/mol. The van der Waals surface area contributed by atoms with Crippen molar-refractivity contribution in [1.82, 2.24) is 14.1 Å². The SMILES string of the molecule is CC(C)(C)c1ccnc(-n2c3[c-]c(Oc4[c-]c(-n5[c-][n+](-c6cc(C(C)(C)c7ccccc7)cc(C(C)(C)c7ccccc7)c6)c(C(C)(C)C)c5)cc(C(C)(C)c5ccccc5)c4)cc(C(C)(C)C)c3c3ccccc32)c1.[Pt]. The Hall–Kier alpha value is -6.81. The molecule has 0 saturated heterocycles. The first-order valence-electron chi connectivity index (χ1n) is 26.9. The summed E-state index contributed by atoms with van der Waals surface area (Å²) >= 11 is 0. The number of para-hydroxylation sites is 1. The molecule has 0 amide bonds. The van der Waals surface area contributed by atoms with Crippen molar-refractivity contribution >= 4 is 21.8 Å². The summed E-state index contributed by atoms with van der Waals surface area (Å²) in [5.74, 6) is 2.05. The fraction of sp³-hybridized carbons (Fsp3) is 0.296. The molecule has 0 bridgehead atoms. The summed E-state index contributed by atoms with van der Waals surface area (Å²) in [6.45, 7) is 34.3. The van der Waals surface area contributed by atoms with Gasteiger partial charge in [-0.05, 0) is 96.4 Å². The zero-order valence-electron chi connectivity index (χ0n) is 47.8. The van der Waals surface area contributed by atoms with E-state index in [1.54, 1.807) is 0 Å². The van der Waals surface area contributed by atoms with Crippen LogP contribution in [0.5, 0.6) is 11.5 Å². The summed E-state index contributed by atoms with van der Waals surface area (Å²) in [6, 6.07) is 66.8. The van der Waals surface area contributed by atoms with Gasteiger partial charge >= 0.3 is 0 Å². The summed E-state index contributed by atoms with van der Waals surface area (Å²) in [5.41, 5.74) is 13.1. The first-order chi connectivity index (χ1) is 35.8. The molecule has 5 nitrogen and oxygen atoms in total. The number of rotatable bonds is 11. The standard InChI is InChI=1S/C71H74N4O.Pt/c1-66(2,3)51-35-36-72-64(42-51)75-61-34-26-25-33-59(61)65-60(67(4,5)6)44-58(45-62(65)75)76-57-41-54(71(14,15)50-31-23-18-24-32-50)38-55(43-57)73-46-63(68(7,8)9)74(47-73)56-39-52(69(10,11)48-27-19-16-20-28-48)37-53(40-56)70(12,13)49-29-21-17-22-30-49;/h16-42,44,46H,1-15H3;/q-2;. The number of fused-ring (bicyclic) bond motifs is 3. The second-order valence-electron chi connectivity index (χ2n) is 25.6. The molecular formula is C71H74N4OPt-2. The molecule has 0 spiro atoms. The molecule has 10 rings (SSSR count). The molecule has 0 aliphatic rings. The van der Waals surface area contributed by atoms with E-state index in [0.717, 1.165) is 50.3 Å². The van der Waals surface area contributed by atoms with Crippen LogP contribution in [0.3, 0.4) is 0 Å². The molecular weight excluding hydrogens is 1120 g/mol. The van der Waals surface area contributed by atoms with Crippen molar-refractivity contribution in [1.29, 1.82) is 0 Å². The maximum Gasteiger partial charge on any atom is 0.267 e. The fourth-order valence-corrected chi connectivity index (χ4v) is 10.8. The van der Waals surface area contributed by atoms with Crippen molar-refractivity contribution in [2.45, 2.75) is 136 Å². The molecule has 0 radical (unpaired) electrons. The number of imidazole rings is 1. The van der Waals surface area contributed by atoms with Crippen molar-refractivity contribution in [2.24, 2.45) is 0 Å². The maximum absolute atomic E-state index is 7.22. The molecule has 10 aromatic rings. The van der Waals surface area contributed by atoms with E-state index in [-0.39, 0.29) is 48.1 Å². The van der Waals surface area contributed by atoms with E-state index in [9.17, 15) is 0 Å². The predicted octanol–water partition coefficient (Wildman–Crippen LogP) is 17.3. The molecule has 7 aromatic carbocycles. The zero-order valence-corrected chi connectivity index (χ0v) is 50.0. The van der Waals surface area contributed by atoms with Crippen LogP contribution < -0.4 is 9.30 Å². The normalized spacial score (nSPS) is 12.8. The Balaban J connectivity index is 0.00000722. The second-order valence-corrected chi connectivity index (χ2v) is 25.6. The van der Waals surface area contributed by atoms with Gasteiger partial charge < -0.3 is 13.9 Å². The molecule has 77 heavy (non-hydrogen) atoms. The number of hydrogen-bond donors (Lipinski definition) is 0. The van der Waals surface area contributed by atoms with Gasteiger partial charge in [0.05, 0.1) is 11.4 Å². The van der Waals surface area contributed by atoms with E-state index in [1.165, 1.54) is 38.9 Å². The van der Waals surface area contributed by atoms with Crippen LogP contribution in [-0.2, 0) is 53.6 Å². The summed E-state index contributed by atoms with van der Waals surface area (Å²) in [5, 5.41) is 2.31. The zero-order chi connectivity index (χ0) is 54.2. The van der Waals surface area contributed by atoms with Crippen LogP contribution in [0.15, 0.2) is 176 Å². The van der Waals surface area contributed by atoms with E-state index in [1.807, 2.05) is 6.20 Å². The minimum absolute atomic E-state index is 0. The van der Waals surface area contributed by atoms with E-state index in [4.69, 9.17) is 9.72 Å². The van der Waals surface area contributed by atoms with E-state index in [2.05, 4.69) is 306 Å². The number of benzene rings is 7. The molecule has 0 atom stereocenters. The molecule has 0 aliphatic carbocycles. The van der Waals surface area contributed by atoms with Crippen molar-refractivity contribution in [2.75, 3.05) is 0 Å². The van der Waals surface area contributed by atoms with E-state index in [0.29, 0.717) is 11.5 Å². The van der Waals surface area contributed by atoms with Crippen LogP contribution in [0.2, 0.25) is 0 Å². The largest absolute Gasteiger partial charge is 0.510 e.